The minimum atomic E-state index is -0.606. The van der Waals surface area contributed by atoms with E-state index in [9.17, 15) is 14.4 Å². The number of allylic oxidation sites excluding steroid dienone is 2. The fourth-order valence-corrected chi connectivity index (χ4v) is 2.37. The summed E-state index contributed by atoms with van der Waals surface area (Å²) < 4.78 is 0. The van der Waals surface area contributed by atoms with E-state index in [1.165, 1.54) is 4.90 Å². The van der Waals surface area contributed by atoms with Crippen LogP contribution < -0.4 is 0 Å². The molecule has 0 radical (unpaired) electrons. The van der Waals surface area contributed by atoms with Gasteiger partial charge >= 0.3 is 0 Å². The summed E-state index contributed by atoms with van der Waals surface area (Å²) in [6, 6.07) is -0.606. The molecule has 1 fully saturated rings. The second-order valence-corrected chi connectivity index (χ2v) is 5.20. The number of piperidine rings is 1. The van der Waals surface area contributed by atoms with Gasteiger partial charge in [-0.2, -0.15) is 0 Å². The first kappa shape index (κ1) is 19.8. The van der Waals surface area contributed by atoms with Gasteiger partial charge in [-0.3, -0.25) is 4.79 Å². The summed E-state index contributed by atoms with van der Waals surface area (Å²) in [4.78, 5) is 36.8. The molecule has 0 aliphatic carbocycles. The van der Waals surface area contributed by atoms with Gasteiger partial charge in [0.25, 0.3) is 5.91 Å². The van der Waals surface area contributed by atoms with Crippen LogP contribution in [-0.4, -0.2) is 35.2 Å². The van der Waals surface area contributed by atoms with Gasteiger partial charge in [0.15, 0.2) is 0 Å². The van der Waals surface area contributed by atoms with Crippen molar-refractivity contribution in [2.75, 3.05) is 6.54 Å². The van der Waals surface area contributed by atoms with Gasteiger partial charge in [-0.05, 0) is 38.3 Å². The van der Waals surface area contributed by atoms with E-state index >= 15 is 0 Å². The first-order chi connectivity index (χ1) is 10.4. The summed E-state index contributed by atoms with van der Waals surface area (Å²) in [5.41, 5.74) is 2.36. The van der Waals surface area contributed by atoms with Gasteiger partial charge in [-0.1, -0.05) is 32.1 Å². The number of rotatable bonds is 3. The summed E-state index contributed by atoms with van der Waals surface area (Å²) >= 11 is 0. The third kappa shape index (κ3) is 4.40. The number of imide groups is 1. The van der Waals surface area contributed by atoms with Crippen molar-refractivity contribution in [1.29, 1.82) is 0 Å². The molecule has 1 saturated heterocycles. The molecule has 6 heteroatoms. The standard InChI is InChI=1S/C15H18N2O3.C2H6.Rf/c1-9(2)4-5-11-10(3)8-17(15(11)20)12-6-7-13(18)16-14(12)19;1-2;/h4-5,12H,1,6-8H2,2-3H3,(H,16,18,19);1-2H3;/p-1/b5-4-;;. The number of amides is 3. The third-order valence-corrected chi connectivity index (χ3v) is 3.42. The van der Waals surface area contributed by atoms with E-state index in [1.807, 2.05) is 27.7 Å². The average molecular weight is 570 g/mol. The molecule has 0 aromatic carbocycles. The Hall–Kier alpha value is -3.17. The number of hydrogen-bond acceptors (Lipinski definition) is 3. The van der Waals surface area contributed by atoms with Crippen molar-refractivity contribution in [3.8, 4) is 0 Å². The fraction of sp³-hybridized carbons (Fsp3) is 0.471. The number of carbonyl (C=O) groups is 3. The van der Waals surface area contributed by atoms with Crippen molar-refractivity contribution in [3.63, 3.8) is 0 Å². The molecular weight excluding hydrogens is 547 g/mol. The summed E-state index contributed by atoms with van der Waals surface area (Å²) in [6.45, 7) is 11.9. The van der Waals surface area contributed by atoms with Crippen molar-refractivity contribution >= 4 is 17.7 Å². The minimum absolute atomic E-state index is 0. The fourth-order valence-electron chi connectivity index (χ4n) is 2.37. The molecule has 0 aromatic rings. The molecule has 5 nitrogen and oxygen atoms in total. The Morgan fingerprint density at radius 2 is 1.91 bits per heavy atom. The summed E-state index contributed by atoms with van der Waals surface area (Å²) in [5, 5.41) is 3.45. The van der Waals surface area contributed by atoms with Crippen LogP contribution in [0.1, 0.15) is 40.5 Å². The number of carbonyl (C=O) groups excluding carboxylic acids is 3. The Balaban J connectivity index is 0.00000155. The number of nitrogens with zero attached hydrogens (tertiary/aromatic N) is 2. The second kappa shape index (κ2) is 8.32. The molecule has 0 aromatic heterocycles. The van der Waals surface area contributed by atoms with Gasteiger partial charge in [0.1, 0.15) is 0 Å². The van der Waals surface area contributed by atoms with E-state index in [0.717, 1.165) is 11.1 Å². The largest absolute Gasteiger partial charge is 0.594 e. The molecule has 2 rings (SSSR count). The molecule has 1 unspecified atom stereocenters. The zero-order valence-corrected chi connectivity index (χ0v) is 20.8. The maximum Gasteiger partial charge on any atom is 0.254 e. The zero-order valence-electron chi connectivity index (χ0n) is 14.4. The Morgan fingerprint density at radius 3 is 2.43 bits per heavy atom. The van der Waals surface area contributed by atoms with Crippen LogP contribution in [0.5, 0.6) is 0 Å². The summed E-state index contributed by atoms with van der Waals surface area (Å²) in [7, 11) is 0. The summed E-state index contributed by atoms with van der Waals surface area (Å²) in [5.74, 6) is -1.08. The molecule has 2 heterocycles. The predicted octanol–water partition coefficient (Wildman–Crippen LogP) is 2.89. The molecule has 2 aliphatic heterocycles. The SMILES string of the molecule is C=C(C)/C=C\C1=C(C)CN(C2CCC(=O)[N-]C2=O)C1=O.CC.[Rf]. The molecule has 0 N–H and O–H groups in total. The van der Waals surface area contributed by atoms with Crippen molar-refractivity contribution in [1.82, 2.24) is 4.90 Å². The van der Waals surface area contributed by atoms with Crippen molar-refractivity contribution < 1.29 is 14.4 Å². The van der Waals surface area contributed by atoms with Gasteiger partial charge in [0.05, 0.1) is 17.9 Å². The van der Waals surface area contributed by atoms with Gasteiger partial charge in [0, 0.05) is 12.1 Å². The van der Waals surface area contributed by atoms with Gasteiger partial charge in [-0.25, -0.2) is 0 Å². The monoisotopic (exact) mass is 570 g/mol. The molecule has 3 amide bonds. The van der Waals surface area contributed by atoms with Crippen LogP contribution in [-0.2, 0) is 14.4 Å². The Morgan fingerprint density at radius 1 is 1.30 bits per heavy atom. The van der Waals surface area contributed by atoms with Crippen LogP contribution in [0.2, 0.25) is 0 Å². The van der Waals surface area contributed by atoms with E-state index in [1.54, 1.807) is 12.2 Å². The Labute approximate surface area is 131 Å². The smallest absolute Gasteiger partial charge is 0.254 e. The van der Waals surface area contributed by atoms with Gasteiger partial charge in [-0.15, -0.1) is 0 Å². The van der Waals surface area contributed by atoms with Crippen molar-refractivity contribution in [2.24, 2.45) is 0 Å². The van der Waals surface area contributed by atoms with Gasteiger partial charge in [0.2, 0.25) is 0 Å². The Bertz CT molecular complexity index is 564. The second-order valence-electron chi connectivity index (χ2n) is 5.20. The van der Waals surface area contributed by atoms with E-state index < -0.39 is 17.9 Å². The minimum Gasteiger partial charge on any atom is -0.594 e. The molecular formula is C17H23N2O3Rf-. The van der Waals surface area contributed by atoms with Gasteiger partial charge < -0.3 is 19.8 Å². The molecule has 0 bridgehead atoms. The number of hydrogen-bond donors (Lipinski definition) is 0. The summed E-state index contributed by atoms with van der Waals surface area (Å²) in [6.07, 6.45) is 4.08. The van der Waals surface area contributed by atoms with E-state index in [-0.39, 0.29) is 12.3 Å². The molecule has 1 atom stereocenters. The van der Waals surface area contributed by atoms with Crippen LogP contribution in [0.4, 0.5) is 0 Å². The first-order valence-electron chi connectivity index (χ1n) is 7.53. The van der Waals surface area contributed by atoms with Crippen LogP contribution in [0.15, 0.2) is 35.5 Å². The zero-order chi connectivity index (χ0) is 16.9. The third-order valence-electron chi connectivity index (χ3n) is 3.42. The first-order valence-corrected chi connectivity index (χ1v) is 7.53. The van der Waals surface area contributed by atoms with Crippen LogP contribution >= 0.6 is 0 Å². The molecule has 0 spiro atoms. The van der Waals surface area contributed by atoms with Crippen molar-refractivity contribution in [2.45, 2.75) is 46.6 Å². The van der Waals surface area contributed by atoms with E-state index in [4.69, 9.17) is 0 Å². The maximum atomic E-state index is 12.4. The van der Waals surface area contributed by atoms with Crippen LogP contribution in [0, 0.1) is 0 Å². The van der Waals surface area contributed by atoms with Crippen LogP contribution in [0.25, 0.3) is 5.32 Å². The van der Waals surface area contributed by atoms with E-state index in [2.05, 4.69) is 11.9 Å². The van der Waals surface area contributed by atoms with E-state index in [0.29, 0.717) is 18.5 Å². The quantitative estimate of drug-likeness (QED) is 0.388. The maximum absolute atomic E-state index is 12.4. The Kier molecular flexibility index (Phi) is 7.17. The average Bonchev–Trinajstić information content (AvgIpc) is 2.74. The van der Waals surface area contributed by atoms with Crippen molar-refractivity contribution in [3.05, 3.63) is 40.8 Å². The normalized spacial score (nSPS) is 21.0. The molecule has 122 valence electrons. The molecule has 23 heavy (non-hydrogen) atoms. The topological polar surface area (TPSA) is 68.6 Å². The molecule has 0 saturated carbocycles. The molecule has 2 aliphatic rings. The predicted molar refractivity (Wildman–Crippen MR) is 86.1 cm³/mol. The van der Waals surface area contributed by atoms with Crippen LogP contribution in [0.3, 0.4) is 0 Å².